The second kappa shape index (κ2) is 8.61. The second-order valence-electron chi connectivity index (χ2n) is 8.65. The van der Waals surface area contributed by atoms with E-state index in [0.717, 1.165) is 41.7 Å². The molecule has 0 saturated carbocycles. The Morgan fingerprint density at radius 2 is 2.03 bits per heavy atom. The van der Waals surface area contributed by atoms with Crippen LogP contribution in [-0.2, 0) is 6.54 Å². The molecule has 2 aromatic heterocycles. The number of nitrogens with one attached hydrogen (secondary N) is 1. The van der Waals surface area contributed by atoms with Crippen LogP contribution in [0.15, 0.2) is 54.9 Å². The van der Waals surface area contributed by atoms with Crippen LogP contribution in [0.3, 0.4) is 0 Å². The van der Waals surface area contributed by atoms with Crippen LogP contribution in [0.1, 0.15) is 41.8 Å². The highest BCUT2D eigenvalue weighted by Crippen LogP contribution is 2.26. The first-order chi connectivity index (χ1) is 14.8. The summed E-state index contributed by atoms with van der Waals surface area (Å²) >= 11 is 0. The van der Waals surface area contributed by atoms with Crippen molar-refractivity contribution in [1.82, 2.24) is 19.9 Å². The summed E-state index contributed by atoms with van der Waals surface area (Å²) < 4.78 is 16.0. The number of carbonyl (C=O) groups is 1. The van der Waals surface area contributed by atoms with Gasteiger partial charge in [0.2, 0.25) is 0 Å². The Hall–Kier alpha value is -3.03. The third-order valence-corrected chi connectivity index (χ3v) is 5.54. The van der Waals surface area contributed by atoms with Gasteiger partial charge in [-0.25, -0.2) is 14.9 Å². The molecule has 4 rings (SSSR count). The third kappa shape index (κ3) is 5.00. The van der Waals surface area contributed by atoms with Gasteiger partial charge in [0.05, 0.1) is 0 Å². The monoisotopic (exact) mass is 422 g/mol. The van der Waals surface area contributed by atoms with Crippen molar-refractivity contribution in [2.24, 2.45) is 0 Å². The highest BCUT2D eigenvalue weighted by molar-refractivity contribution is 5.93. The Kier molecular flexibility index (Phi) is 5.89. The molecule has 0 spiro atoms. The average Bonchev–Trinajstić information content (AvgIpc) is 3.15. The minimum Gasteiger partial charge on any atom is -0.328 e. The van der Waals surface area contributed by atoms with Crippen molar-refractivity contribution in [3.8, 4) is 0 Å². The normalized spacial score (nSPS) is 15.2. The lowest BCUT2D eigenvalue weighted by atomic mass is 9.99. The Labute approximate surface area is 181 Å². The van der Waals surface area contributed by atoms with Crippen LogP contribution in [0.2, 0.25) is 0 Å². The molecular formula is C24H27FN4O2. The van der Waals surface area contributed by atoms with Crippen molar-refractivity contribution in [2.45, 2.75) is 32.5 Å². The number of alkyl halides is 1. The molecule has 162 valence electrons. The number of halogens is 1. The summed E-state index contributed by atoms with van der Waals surface area (Å²) in [4.78, 5) is 18.3. The molecule has 0 unspecified atom stereocenters. The summed E-state index contributed by atoms with van der Waals surface area (Å²) in [7, 11) is 0. The van der Waals surface area contributed by atoms with Crippen molar-refractivity contribution in [2.75, 3.05) is 19.6 Å². The Balaban J connectivity index is 1.48. The lowest BCUT2D eigenvalue weighted by Gasteiger charge is -2.30. The van der Waals surface area contributed by atoms with Gasteiger partial charge in [0, 0.05) is 49.5 Å². The lowest BCUT2D eigenvalue weighted by molar-refractivity contribution is 0.0706. The van der Waals surface area contributed by atoms with Crippen LogP contribution in [-0.4, -0.2) is 50.9 Å². The number of hydrogen-bond donors (Lipinski definition) is 2. The SMILES string of the molecule is CC(C)(F)CN1CC=C(c2cnc3c(ccn3Cc3ccc(C(=O)NO)cc3)c2)CC1. The average molecular weight is 423 g/mol. The summed E-state index contributed by atoms with van der Waals surface area (Å²) in [5.41, 5.74) is 5.16. The molecule has 31 heavy (non-hydrogen) atoms. The van der Waals surface area contributed by atoms with E-state index in [2.05, 4.69) is 27.7 Å². The van der Waals surface area contributed by atoms with E-state index in [0.29, 0.717) is 18.7 Å². The van der Waals surface area contributed by atoms with Gasteiger partial charge < -0.3 is 4.57 Å². The van der Waals surface area contributed by atoms with Crippen LogP contribution in [0.4, 0.5) is 4.39 Å². The molecule has 7 heteroatoms. The van der Waals surface area contributed by atoms with Crippen molar-refractivity contribution in [3.63, 3.8) is 0 Å². The maximum Gasteiger partial charge on any atom is 0.274 e. The molecule has 2 N–H and O–H groups in total. The van der Waals surface area contributed by atoms with Crippen LogP contribution >= 0.6 is 0 Å². The quantitative estimate of drug-likeness (QED) is 0.465. The highest BCUT2D eigenvalue weighted by Gasteiger charge is 2.22. The fourth-order valence-corrected chi connectivity index (χ4v) is 4.05. The predicted molar refractivity (Wildman–Crippen MR) is 119 cm³/mol. The number of hydrogen-bond acceptors (Lipinski definition) is 4. The number of rotatable bonds is 6. The summed E-state index contributed by atoms with van der Waals surface area (Å²) in [5.74, 6) is -0.527. The molecule has 3 aromatic rings. The van der Waals surface area contributed by atoms with E-state index in [1.54, 1.807) is 31.5 Å². The van der Waals surface area contributed by atoms with E-state index >= 15 is 0 Å². The Bertz CT molecular complexity index is 1110. The van der Waals surface area contributed by atoms with Crippen LogP contribution < -0.4 is 5.48 Å². The van der Waals surface area contributed by atoms with E-state index < -0.39 is 11.6 Å². The number of amides is 1. The number of aromatic nitrogens is 2. The Morgan fingerprint density at radius 3 is 2.68 bits per heavy atom. The van der Waals surface area contributed by atoms with E-state index in [9.17, 15) is 9.18 Å². The zero-order chi connectivity index (χ0) is 22.0. The molecule has 0 atom stereocenters. The molecule has 0 fully saturated rings. The number of benzene rings is 1. The maximum atomic E-state index is 13.9. The first-order valence-corrected chi connectivity index (χ1v) is 10.4. The molecule has 0 bridgehead atoms. The summed E-state index contributed by atoms with van der Waals surface area (Å²) in [6.07, 6.45) is 6.99. The van der Waals surface area contributed by atoms with Crippen molar-refractivity contribution in [3.05, 3.63) is 71.6 Å². The molecule has 1 aliphatic heterocycles. The zero-order valence-corrected chi connectivity index (χ0v) is 17.8. The number of carbonyl (C=O) groups excluding carboxylic acids is 1. The fourth-order valence-electron chi connectivity index (χ4n) is 4.05. The second-order valence-corrected chi connectivity index (χ2v) is 8.65. The number of fused-ring (bicyclic) bond motifs is 1. The van der Waals surface area contributed by atoms with E-state index in [4.69, 9.17) is 10.2 Å². The molecular weight excluding hydrogens is 395 g/mol. The molecule has 0 radical (unpaired) electrons. The molecule has 1 aliphatic rings. The van der Waals surface area contributed by atoms with Gasteiger partial charge in [-0.1, -0.05) is 18.2 Å². The molecule has 3 heterocycles. The molecule has 0 saturated heterocycles. The number of hydroxylamine groups is 1. The van der Waals surface area contributed by atoms with Crippen molar-refractivity contribution < 1.29 is 14.4 Å². The lowest BCUT2D eigenvalue weighted by Crippen LogP contribution is -2.38. The first-order valence-electron chi connectivity index (χ1n) is 10.4. The van der Waals surface area contributed by atoms with Gasteiger partial charge in [-0.3, -0.25) is 14.9 Å². The van der Waals surface area contributed by atoms with Gasteiger partial charge in [-0.2, -0.15) is 0 Å². The first kappa shape index (κ1) is 21.2. The van der Waals surface area contributed by atoms with Gasteiger partial charge in [0.25, 0.3) is 5.91 Å². The van der Waals surface area contributed by atoms with E-state index in [1.165, 1.54) is 5.57 Å². The molecule has 6 nitrogen and oxygen atoms in total. The van der Waals surface area contributed by atoms with Gasteiger partial charge in [0.15, 0.2) is 0 Å². The molecule has 0 aliphatic carbocycles. The van der Waals surface area contributed by atoms with E-state index in [1.807, 2.05) is 24.5 Å². The number of pyridine rings is 1. The minimum absolute atomic E-state index is 0.404. The van der Waals surface area contributed by atoms with Gasteiger partial charge in [-0.15, -0.1) is 0 Å². The summed E-state index contributed by atoms with van der Waals surface area (Å²) in [5, 5.41) is 9.80. The van der Waals surface area contributed by atoms with Crippen LogP contribution in [0, 0.1) is 0 Å². The minimum atomic E-state index is -1.18. The Morgan fingerprint density at radius 1 is 1.26 bits per heavy atom. The summed E-state index contributed by atoms with van der Waals surface area (Å²) in [6.45, 7) is 5.93. The maximum absolute atomic E-state index is 13.9. The topological polar surface area (TPSA) is 70.4 Å². The smallest absolute Gasteiger partial charge is 0.274 e. The highest BCUT2D eigenvalue weighted by atomic mass is 19.1. The standard InChI is InChI=1S/C24H27FN4O2/c1-24(2,25)16-28-10-7-18(8-11-28)21-13-20-9-12-29(22(20)26-14-21)15-17-3-5-19(6-4-17)23(30)27-31/h3-7,9,12-14,31H,8,10-11,15-16H2,1-2H3,(H,27,30). The number of nitrogens with zero attached hydrogens (tertiary/aromatic N) is 3. The van der Waals surface area contributed by atoms with Crippen molar-refractivity contribution >= 4 is 22.5 Å². The van der Waals surface area contributed by atoms with Crippen molar-refractivity contribution in [1.29, 1.82) is 0 Å². The van der Waals surface area contributed by atoms with Crippen LogP contribution in [0.5, 0.6) is 0 Å². The van der Waals surface area contributed by atoms with Gasteiger partial charge in [-0.05, 0) is 61.2 Å². The van der Waals surface area contributed by atoms with Gasteiger partial charge in [0.1, 0.15) is 11.3 Å². The van der Waals surface area contributed by atoms with Crippen LogP contribution in [0.25, 0.3) is 16.6 Å². The van der Waals surface area contributed by atoms with Gasteiger partial charge >= 0.3 is 0 Å². The van der Waals surface area contributed by atoms with E-state index in [-0.39, 0.29) is 0 Å². The predicted octanol–water partition coefficient (Wildman–Crippen LogP) is 4.04. The fraction of sp³-hybridized carbons (Fsp3) is 0.333. The molecule has 1 aromatic carbocycles. The molecule has 1 amide bonds. The summed E-state index contributed by atoms with van der Waals surface area (Å²) in [6, 6.07) is 11.3. The largest absolute Gasteiger partial charge is 0.328 e. The zero-order valence-electron chi connectivity index (χ0n) is 17.8. The third-order valence-electron chi connectivity index (χ3n) is 5.54.